The van der Waals surface area contributed by atoms with Gasteiger partial charge in [0.2, 0.25) is 0 Å². The van der Waals surface area contributed by atoms with Crippen molar-refractivity contribution >= 4 is 5.69 Å². The fraction of sp³-hybridized carbons (Fsp3) is 0.400. The topological polar surface area (TPSA) is 3.01 Å². The van der Waals surface area contributed by atoms with Gasteiger partial charge in [-0.3, -0.25) is 0 Å². The lowest BCUT2D eigenvalue weighted by Gasteiger charge is -2.16. The standard InChI is InChI=1S/C10H11N/c1-2-4-10-8(3-1)5-6-9-7-11(9)10/h1-4,9H,5-7H2. The Balaban J connectivity index is 2.14. The molecule has 1 fully saturated rings. The summed E-state index contributed by atoms with van der Waals surface area (Å²) < 4.78 is 0. The van der Waals surface area contributed by atoms with Crippen LogP contribution in [0.5, 0.6) is 0 Å². The Morgan fingerprint density at radius 1 is 1.27 bits per heavy atom. The van der Waals surface area contributed by atoms with Gasteiger partial charge in [0.15, 0.2) is 0 Å². The van der Waals surface area contributed by atoms with Gasteiger partial charge in [0.05, 0.1) is 0 Å². The molecule has 0 N–H and O–H groups in total. The molecule has 0 amide bonds. The summed E-state index contributed by atoms with van der Waals surface area (Å²) in [6, 6.07) is 9.67. The molecule has 1 unspecified atom stereocenters. The highest BCUT2D eigenvalue weighted by Gasteiger charge is 2.37. The first-order valence-corrected chi connectivity index (χ1v) is 4.30. The zero-order chi connectivity index (χ0) is 7.26. The van der Waals surface area contributed by atoms with Crippen LogP contribution in [0.1, 0.15) is 12.0 Å². The molecule has 1 aromatic carbocycles. The average molecular weight is 145 g/mol. The summed E-state index contributed by atoms with van der Waals surface area (Å²) in [4.78, 5) is 2.50. The van der Waals surface area contributed by atoms with E-state index in [1.54, 1.807) is 5.56 Å². The predicted molar refractivity (Wildman–Crippen MR) is 45.9 cm³/mol. The normalized spacial score (nSPS) is 25.8. The maximum Gasteiger partial charge on any atom is 0.0469 e. The second-order valence-electron chi connectivity index (χ2n) is 3.47. The maximum atomic E-state index is 2.50. The van der Waals surface area contributed by atoms with Crippen molar-refractivity contribution in [2.24, 2.45) is 0 Å². The van der Waals surface area contributed by atoms with Gasteiger partial charge in [-0.05, 0) is 24.5 Å². The maximum absolute atomic E-state index is 2.50. The number of aryl methyl sites for hydroxylation is 1. The molecule has 2 aliphatic heterocycles. The van der Waals surface area contributed by atoms with E-state index in [1.807, 2.05) is 0 Å². The summed E-state index contributed by atoms with van der Waals surface area (Å²) >= 11 is 0. The van der Waals surface area contributed by atoms with Crippen molar-refractivity contribution in [1.29, 1.82) is 0 Å². The predicted octanol–water partition coefficient (Wildman–Crippen LogP) is 1.82. The summed E-state index contributed by atoms with van der Waals surface area (Å²) in [6.45, 7) is 1.30. The number of para-hydroxylation sites is 1. The number of anilines is 1. The minimum absolute atomic E-state index is 0.893. The second-order valence-corrected chi connectivity index (χ2v) is 3.47. The molecule has 1 saturated heterocycles. The minimum atomic E-state index is 0.893. The van der Waals surface area contributed by atoms with Crippen molar-refractivity contribution in [2.75, 3.05) is 11.4 Å². The first kappa shape index (κ1) is 5.64. The third-order valence-corrected chi connectivity index (χ3v) is 2.76. The molecule has 1 heteroatoms. The minimum Gasteiger partial charge on any atom is -0.364 e. The molecule has 1 nitrogen and oxygen atoms in total. The molecule has 0 aromatic heterocycles. The van der Waals surface area contributed by atoms with Crippen LogP contribution in [0.2, 0.25) is 0 Å². The van der Waals surface area contributed by atoms with E-state index in [9.17, 15) is 0 Å². The van der Waals surface area contributed by atoms with E-state index in [2.05, 4.69) is 29.2 Å². The van der Waals surface area contributed by atoms with Gasteiger partial charge in [-0.1, -0.05) is 18.2 Å². The Hall–Kier alpha value is -0.980. The summed E-state index contributed by atoms with van der Waals surface area (Å²) in [5.74, 6) is 0. The molecule has 3 rings (SSSR count). The van der Waals surface area contributed by atoms with E-state index in [1.165, 1.54) is 25.1 Å². The first-order chi connectivity index (χ1) is 5.45. The van der Waals surface area contributed by atoms with Crippen molar-refractivity contribution in [1.82, 2.24) is 0 Å². The highest BCUT2D eigenvalue weighted by atomic mass is 15.3. The summed E-state index contributed by atoms with van der Waals surface area (Å²) in [5.41, 5.74) is 3.03. The van der Waals surface area contributed by atoms with Crippen molar-refractivity contribution in [2.45, 2.75) is 18.9 Å². The third kappa shape index (κ3) is 0.710. The molecule has 1 atom stereocenters. The largest absolute Gasteiger partial charge is 0.364 e. The second kappa shape index (κ2) is 1.79. The van der Waals surface area contributed by atoms with E-state index in [-0.39, 0.29) is 0 Å². The zero-order valence-corrected chi connectivity index (χ0v) is 6.46. The van der Waals surface area contributed by atoms with Gasteiger partial charge >= 0.3 is 0 Å². The Kier molecular flexibility index (Phi) is 0.916. The molecule has 11 heavy (non-hydrogen) atoms. The van der Waals surface area contributed by atoms with Gasteiger partial charge in [-0.2, -0.15) is 0 Å². The van der Waals surface area contributed by atoms with Crippen LogP contribution in [-0.2, 0) is 6.42 Å². The molecule has 0 aliphatic carbocycles. The SMILES string of the molecule is c1ccc2c(c1)CCC1CN21. The van der Waals surface area contributed by atoms with Crippen LogP contribution in [0, 0.1) is 0 Å². The molecule has 0 bridgehead atoms. The van der Waals surface area contributed by atoms with Crippen LogP contribution in [0.15, 0.2) is 24.3 Å². The lowest BCUT2D eigenvalue weighted by molar-refractivity contribution is 0.793. The van der Waals surface area contributed by atoms with Crippen LogP contribution >= 0.6 is 0 Å². The molecular formula is C10H11N. The molecule has 0 radical (unpaired) electrons. The summed E-state index contributed by atoms with van der Waals surface area (Å²) in [6.07, 6.45) is 2.66. The zero-order valence-electron chi connectivity index (χ0n) is 6.46. The summed E-state index contributed by atoms with van der Waals surface area (Å²) in [7, 11) is 0. The fourth-order valence-corrected chi connectivity index (χ4v) is 2.05. The number of fused-ring (bicyclic) bond motifs is 3. The van der Waals surface area contributed by atoms with Crippen LogP contribution < -0.4 is 4.90 Å². The van der Waals surface area contributed by atoms with Crippen molar-refractivity contribution in [3.05, 3.63) is 29.8 Å². The van der Waals surface area contributed by atoms with Gasteiger partial charge in [0.1, 0.15) is 0 Å². The Labute approximate surface area is 66.6 Å². The Bertz CT molecular complexity index is 293. The molecular weight excluding hydrogens is 134 g/mol. The van der Waals surface area contributed by atoms with Crippen molar-refractivity contribution in [3.8, 4) is 0 Å². The van der Waals surface area contributed by atoms with E-state index in [4.69, 9.17) is 0 Å². The van der Waals surface area contributed by atoms with Gasteiger partial charge in [-0.15, -0.1) is 0 Å². The van der Waals surface area contributed by atoms with Gasteiger partial charge in [0, 0.05) is 18.3 Å². The van der Waals surface area contributed by atoms with E-state index in [0.29, 0.717) is 0 Å². The monoisotopic (exact) mass is 145 g/mol. The average Bonchev–Trinajstić information content (AvgIpc) is 2.83. The van der Waals surface area contributed by atoms with E-state index in [0.717, 1.165) is 6.04 Å². The Morgan fingerprint density at radius 3 is 3.18 bits per heavy atom. The highest BCUT2D eigenvalue weighted by Crippen LogP contribution is 2.38. The lowest BCUT2D eigenvalue weighted by Crippen LogP contribution is -2.09. The number of rotatable bonds is 0. The van der Waals surface area contributed by atoms with Gasteiger partial charge in [-0.25, -0.2) is 0 Å². The molecule has 2 aliphatic rings. The molecule has 1 aromatic rings. The highest BCUT2D eigenvalue weighted by molar-refractivity contribution is 5.61. The fourth-order valence-electron chi connectivity index (χ4n) is 2.05. The quantitative estimate of drug-likeness (QED) is 0.503. The van der Waals surface area contributed by atoms with Crippen LogP contribution in [0.25, 0.3) is 0 Å². The van der Waals surface area contributed by atoms with Crippen molar-refractivity contribution < 1.29 is 0 Å². The Morgan fingerprint density at radius 2 is 2.18 bits per heavy atom. The number of hydrogen-bond donors (Lipinski definition) is 0. The summed E-state index contributed by atoms with van der Waals surface area (Å²) in [5, 5.41) is 0. The molecule has 0 saturated carbocycles. The van der Waals surface area contributed by atoms with Crippen LogP contribution in [0.3, 0.4) is 0 Å². The van der Waals surface area contributed by atoms with E-state index < -0.39 is 0 Å². The molecule has 56 valence electrons. The number of benzene rings is 1. The molecule has 0 spiro atoms. The van der Waals surface area contributed by atoms with E-state index >= 15 is 0 Å². The first-order valence-electron chi connectivity index (χ1n) is 4.30. The lowest BCUT2D eigenvalue weighted by atomic mass is 10.0. The van der Waals surface area contributed by atoms with Crippen LogP contribution in [0.4, 0.5) is 5.69 Å². The van der Waals surface area contributed by atoms with Gasteiger partial charge < -0.3 is 4.90 Å². The van der Waals surface area contributed by atoms with Crippen LogP contribution in [-0.4, -0.2) is 12.6 Å². The number of nitrogens with zero attached hydrogens (tertiary/aromatic N) is 1. The van der Waals surface area contributed by atoms with Gasteiger partial charge in [0.25, 0.3) is 0 Å². The smallest absolute Gasteiger partial charge is 0.0469 e. The third-order valence-electron chi connectivity index (χ3n) is 2.76. The molecule has 2 heterocycles. The van der Waals surface area contributed by atoms with Crippen molar-refractivity contribution in [3.63, 3.8) is 0 Å². The number of hydrogen-bond acceptors (Lipinski definition) is 1.